The third-order valence-electron chi connectivity index (χ3n) is 6.78. The van der Waals surface area contributed by atoms with Crippen molar-refractivity contribution < 1.29 is 25.2 Å². The summed E-state index contributed by atoms with van der Waals surface area (Å²) in [6.07, 6.45) is 4.66. The van der Waals surface area contributed by atoms with Gasteiger partial charge in [-0.05, 0) is 84.8 Å². The molecule has 1 saturated carbocycles. The summed E-state index contributed by atoms with van der Waals surface area (Å²) in [6.45, 7) is 3.56. The van der Waals surface area contributed by atoms with E-state index >= 15 is 0 Å². The Hall–Kier alpha value is -2.84. The van der Waals surface area contributed by atoms with Crippen LogP contribution in [-0.4, -0.2) is 41.4 Å². The molecule has 4 N–H and O–H groups in total. The molecule has 192 valence electrons. The van der Waals surface area contributed by atoms with E-state index in [4.69, 9.17) is 9.47 Å². The fraction of sp³-hybridized carbons (Fsp3) is 0.345. The summed E-state index contributed by atoms with van der Waals surface area (Å²) in [6, 6.07) is 23.0. The molecule has 3 aromatic carbocycles. The standard InChI is InChI=1S/C29H31NO3S.2H2O/c1-3-4-16-30(2)34-25-11-8-22(9-12-25)23-7-5-6-21(17-23)18-28(31)29(14-15-29)24-10-13-26-27(19-24)33-20-32-26;;/h5-13,17,19H,3-4,14-16,18,20H2,1-2H3;2*1H2. The summed E-state index contributed by atoms with van der Waals surface area (Å²) in [7, 11) is 2.14. The van der Waals surface area contributed by atoms with Crippen molar-refractivity contribution in [2.45, 2.75) is 49.3 Å². The summed E-state index contributed by atoms with van der Waals surface area (Å²) < 4.78 is 13.3. The Balaban J connectivity index is 0.00000180. The Kier molecular flexibility index (Phi) is 9.19. The fourth-order valence-corrected chi connectivity index (χ4v) is 5.42. The van der Waals surface area contributed by atoms with Gasteiger partial charge in [-0.2, -0.15) is 0 Å². The van der Waals surface area contributed by atoms with Crippen LogP contribution >= 0.6 is 11.9 Å². The van der Waals surface area contributed by atoms with Gasteiger partial charge in [-0.15, -0.1) is 0 Å². The number of nitrogens with zero attached hydrogens (tertiary/aromatic N) is 1. The minimum atomic E-state index is -0.375. The van der Waals surface area contributed by atoms with Crippen LogP contribution in [0.4, 0.5) is 0 Å². The van der Waals surface area contributed by atoms with Crippen LogP contribution in [0.5, 0.6) is 11.5 Å². The molecule has 5 rings (SSSR count). The Morgan fingerprint density at radius 3 is 2.42 bits per heavy atom. The van der Waals surface area contributed by atoms with E-state index in [0.29, 0.717) is 6.42 Å². The summed E-state index contributed by atoms with van der Waals surface area (Å²) in [5.41, 5.74) is 4.06. The first-order valence-electron chi connectivity index (χ1n) is 12.1. The molecule has 6 nitrogen and oxygen atoms in total. The number of hydrogen-bond donors (Lipinski definition) is 0. The van der Waals surface area contributed by atoms with Gasteiger partial charge in [0.25, 0.3) is 0 Å². The molecule has 3 aromatic rings. The number of unbranched alkanes of at least 4 members (excludes halogenated alkanes) is 1. The molecule has 0 aromatic heterocycles. The molecule has 0 saturated heterocycles. The normalized spacial score (nSPS) is 14.6. The molecule has 0 bridgehead atoms. The van der Waals surface area contributed by atoms with Crippen molar-refractivity contribution in [1.29, 1.82) is 0 Å². The van der Waals surface area contributed by atoms with Crippen molar-refractivity contribution in [3.8, 4) is 22.6 Å². The number of hydrogen-bond acceptors (Lipinski definition) is 5. The van der Waals surface area contributed by atoms with Gasteiger partial charge >= 0.3 is 0 Å². The largest absolute Gasteiger partial charge is 0.454 e. The van der Waals surface area contributed by atoms with Crippen LogP contribution in [0.2, 0.25) is 0 Å². The highest BCUT2D eigenvalue weighted by Gasteiger charge is 2.50. The molecule has 1 aliphatic carbocycles. The first-order chi connectivity index (χ1) is 16.6. The molecule has 1 heterocycles. The van der Waals surface area contributed by atoms with Crippen molar-refractivity contribution in [1.82, 2.24) is 4.31 Å². The molecule has 0 amide bonds. The maximum absolute atomic E-state index is 13.4. The molecule has 1 aliphatic heterocycles. The number of ether oxygens (including phenoxy) is 2. The Morgan fingerprint density at radius 1 is 0.944 bits per heavy atom. The van der Waals surface area contributed by atoms with E-state index < -0.39 is 0 Å². The van der Waals surface area contributed by atoms with Gasteiger partial charge in [-0.3, -0.25) is 4.79 Å². The van der Waals surface area contributed by atoms with E-state index in [-0.39, 0.29) is 28.9 Å². The second kappa shape index (κ2) is 11.9. The smallest absolute Gasteiger partial charge is 0.231 e. The Bertz CT molecular complexity index is 1180. The zero-order chi connectivity index (χ0) is 23.5. The SMILES string of the molecule is CCCCN(C)Sc1ccc(-c2cccc(CC(=O)C3(c4ccc5c(c4)OCO5)CC3)c2)cc1.O.O. The van der Waals surface area contributed by atoms with Crippen LogP contribution in [0.25, 0.3) is 11.1 Å². The van der Waals surface area contributed by atoms with E-state index in [1.54, 1.807) is 11.9 Å². The highest BCUT2D eigenvalue weighted by molar-refractivity contribution is 7.97. The predicted molar refractivity (Wildman–Crippen MR) is 145 cm³/mol. The molecule has 0 unspecified atom stereocenters. The zero-order valence-corrected chi connectivity index (χ0v) is 21.7. The molecule has 36 heavy (non-hydrogen) atoms. The van der Waals surface area contributed by atoms with Crippen LogP contribution in [0.3, 0.4) is 0 Å². The van der Waals surface area contributed by atoms with Gasteiger partial charge < -0.3 is 20.4 Å². The van der Waals surface area contributed by atoms with E-state index in [0.717, 1.165) is 47.6 Å². The number of fused-ring (bicyclic) bond motifs is 1. The predicted octanol–water partition coefficient (Wildman–Crippen LogP) is 5.02. The Labute approximate surface area is 217 Å². The third kappa shape index (κ3) is 5.93. The molecular weight excluding hydrogens is 474 g/mol. The van der Waals surface area contributed by atoms with E-state index in [2.05, 4.69) is 66.8 Å². The van der Waals surface area contributed by atoms with Crippen LogP contribution in [0.1, 0.15) is 43.7 Å². The highest BCUT2D eigenvalue weighted by Crippen LogP contribution is 2.51. The first kappa shape index (κ1) is 27.7. The topological polar surface area (TPSA) is 102 Å². The van der Waals surface area contributed by atoms with Crippen molar-refractivity contribution in [3.63, 3.8) is 0 Å². The highest BCUT2D eigenvalue weighted by atomic mass is 32.2. The quantitative estimate of drug-likeness (QED) is 0.357. The number of rotatable bonds is 10. The van der Waals surface area contributed by atoms with Gasteiger partial charge in [0.15, 0.2) is 11.5 Å². The van der Waals surface area contributed by atoms with Gasteiger partial charge in [-0.1, -0.05) is 55.8 Å². The molecule has 2 aliphatic rings. The molecule has 1 fully saturated rings. The van der Waals surface area contributed by atoms with Crippen molar-refractivity contribution in [2.75, 3.05) is 20.4 Å². The minimum Gasteiger partial charge on any atom is -0.454 e. The van der Waals surface area contributed by atoms with Crippen molar-refractivity contribution >= 4 is 17.7 Å². The molecule has 0 radical (unpaired) electrons. The number of carbonyl (C=O) groups is 1. The molecular formula is C29H35NO5S. The van der Waals surface area contributed by atoms with Gasteiger partial charge in [0.05, 0.1) is 5.41 Å². The van der Waals surface area contributed by atoms with Crippen LogP contribution < -0.4 is 9.47 Å². The average Bonchev–Trinajstić information content (AvgIpc) is 3.54. The molecule has 7 heteroatoms. The third-order valence-corrected chi connectivity index (χ3v) is 7.75. The number of ketones is 1. The van der Waals surface area contributed by atoms with E-state index in [9.17, 15) is 4.79 Å². The lowest BCUT2D eigenvalue weighted by Crippen LogP contribution is -2.22. The van der Waals surface area contributed by atoms with Crippen LogP contribution in [0.15, 0.2) is 71.6 Å². The maximum Gasteiger partial charge on any atom is 0.231 e. The lowest BCUT2D eigenvalue weighted by atomic mass is 9.87. The zero-order valence-electron chi connectivity index (χ0n) is 20.9. The fourth-order valence-electron chi connectivity index (χ4n) is 4.58. The summed E-state index contributed by atoms with van der Waals surface area (Å²) in [4.78, 5) is 14.6. The van der Waals surface area contributed by atoms with Crippen molar-refractivity contribution in [2.24, 2.45) is 0 Å². The number of benzene rings is 3. The van der Waals surface area contributed by atoms with Gasteiger partial charge in [-0.25, -0.2) is 4.31 Å². The van der Waals surface area contributed by atoms with Crippen molar-refractivity contribution in [3.05, 3.63) is 77.9 Å². The summed E-state index contributed by atoms with van der Waals surface area (Å²) >= 11 is 1.79. The Morgan fingerprint density at radius 2 is 1.69 bits per heavy atom. The summed E-state index contributed by atoms with van der Waals surface area (Å²) in [5.74, 6) is 1.79. The molecule has 0 spiro atoms. The number of carbonyl (C=O) groups excluding carboxylic acids is 1. The lowest BCUT2D eigenvalue weighted by Gasteiger charge is -2.16. The van der Waals surface area contributed by atoms with Gasteiger partial charge in [0.1, 0.15) is 5.78 Å². The van der Waals surface area contributed by atoms with Gasteiger partial charge in [0, 0.05) is 17.9 Å². The lowest BCUT2D eigenvalue weighted by molar-refractivity contribution is -0.120. The second-order valence-electron chi connectivity index (χ2n) is 9.27. The second-order valence-corrected chi connectivity index (χ2v) is 10.5. The average molecular weight is 510 g/mol. The molecule has 0 atom stereocenters. The summed E-state index contributed by atoms with van der Waals surface area (Å²) in [5, 5.41) is 0. The number of Topliss-reactive ketones (excluding diaryl/α,β-unsaturated/α-hetero) is 1. The van der Waals surface area contributed by atoms with Crippen LogP contribution in [0, 0.1) is 0 Å². The van der Waals surface area contributed by atoms with Crippen LogP contribution in [-0.2, 0) is 16.6 Å². The minimum absolute atomic E-state index is 0. The maximum atomic E-state index is 13.4. The van der Waals surface area contributed by atoms with Gasteiger partial charge in [0.2, 0.25) is 6.79 Å². The van der Waals surface area contributed by atoms with E-state index in [1.807, 2.05) is 18.2 Å². The monoisotopic (exact) mass is 509 g/mol. The first-order valence-corrected chi connectivity index (χ1v) is 12.9. The van der Waals surface area contributed by atoms with E-state index in [1.165, 1.54) is 23.3 Å².